The molecule has 2 aliphatic heterocycles. The Hall–Kier alpha value is -1.75. The molecule has 0 spiro atoms. The minimum absolute atomic E-state index is 0.450. The van der Waals surface area contributed by atoms with Gasteiger partial charge in [-0.15, -0.1) is 0 Å². The summed E-state index contributed by atoms with van der Waals surface area (Å²) in [5, 5.41) is 3.49. The number of hydrogen-bond donors (Lipinski definition) is 2. The van der Waals surface area contributed by atoms with E-state index in [1.54, 1.807) is 0 Å². The highest BCUT2D eigenvalue weighted by atomic mass is 16.4. The van der Waals surface area contributed by atoms with E-state index in [9.17, 15) is 0 Å². The summed E-state index contributed by atoms with van der Waals surface area (Å²) in [6.07, 6.45) is 6.33. The average molecular weight is 286 g/mol. The number of nitrogens with one attached hydrogen (secondary N) is 1. The maximum absolute atomic E-state index is 5.94. The van der Waals surface area contributed by atoms with Gasteiger partial charge in [-0.1, -0.05) is 12.5 Å². The van der Waals surface area contributed by atoms with Gasteiger partial charge in [0.1, 0.15) is 5.52 Å². The molecule has 3 N–H and O–H groups in total. The van der Waals surface area contributed by atoms with Crippen molar-refractivity contribution < 1.29 is 4.42 Å². The van der Waals surface area contributed by atoms with Crippen LogP contribution in [0.15, 0.2) is 22.6 Å². The quantitative estimate of drug-likeness (QED) is 0.831. The van der Waals surface area contributed by atoms with E-state index < -0.39 is 0 Å². The number of fused-ring (bicyclic) bond motifs is 3. The third kappa shape index (κ3) is 2.25. The lowest BCUT2D eigenvalue weighted by Gasteiger charge is -2.47. The van der Waals surface area contributed by atoms with E-state index in [1.165, 1.54) is 32.1 Å². The van der Waals surface area contributed by atoms with Gasteiger partial charge in [-0.25, -0.2) is 0 Å². The van der Waals surface area contributed by atoms with Gasteiger partial charge in [0.15, 0.2) is 5.58 Å². The maximum atomic E-state index is 5.94. The highest BCUT2D eigenvalue weighted by molar-refractivity contribution is 5.86. The third-order valence-corrected chi connectivity index (χ3v) is 5.12. The Morgan fingerprint density at radius 2 is 2.05 bits per heavy atom. The lowest BCUT2D eigenvalue weighted by atomic mass is 9.82. The standard InChI is InChI=1S/C16H22N4O/c1-20-11-4-2-5-12(20)9-10(8-11)18-16-19-15-13(17)6-3-7-14(15)21-16/h3,6-7,10-12H,2,4-5,8-9,17H2,1H3,(H,18,19). The van der Waals surface area contributed by atoms with Gasteiger partial charge in [-0.2, -0.15) is 4.98 Å². The number of anilines is 2. The lowest BCUT2D eigenvalue weighted by molar-refractivity contribution is 0.0604. The third-order valence-electron chi connectivity index (χ3n) is 5.12. The van der Waals surface area contributed by atoms with Crippen molar-refractivity contribution in [3.63, 3.8) is 0 Å². The van der Waals surface area contributed by atoms with Gasteiger partial charge in [0.25, 0.3) is 6.01 Å². The fourth-order valence-electron chi connectivity index (χ4n) is 3.94. The molecule has 2 aliphatic rings. The van der Waals surface area contributed by atoms with Crippen molar-refractivity contribution in [1.29, 1.82) is 0 Å². The second-order valence-electron chi connectivity index (χ2n) is 6.43. The van der Waals surface area contributed by atoms with Crippen LogP contribution in [0.4, 0.5) is 11.7 Å². The van der Waals surface area contributed by atoms with Crippen molar-refractivity contribution in [1.82, 2.24) is 9.88 Å². The summed E-state index contributed by atoms with van der Waals surface area (Å²) in [5.41, 5.74) is 8.12. The molecule has 3 heterocycles. The first-order chi connectivity index (χ1) is 10.2. The topological polar surface area (TPSA) is 67.3 Å². The van der Waals surface area contributed by atoms with Gasteiger partial charge in [0.05, 0.1) is 5.69 Å². The highest BCUT2D eigenvalue weighted by Gasteiger charge is 2.36. The van der Waals surface area contributed by atoms with Gasteiger partial charge in [0, 0.05) is 18.1 Å². The van der Waals surface area contributed by atoms with Gasteiger partial charge < -0.3 is 20.4 Å². The predicted molar refractivity (Wildman–Crippen MR) is 84.3 cm³/mol. The molecule has 2 saturated heterocycles. The van der Waals surface area contributed by atoms with Gasteiger partial charge >= 0.3 is 0 Å². The van der Waals surface area contributed by atoms with Gasteiger partial charge in [-0.05, 0) is 44.9 Å². The van der Waals surface area contributed by atoms with Crippen LogP contribution in [0.25, 0.3) is 11.1 Å². The van der Waals surface area contributed by atoms with E-state index in [1.807, 2.05) is 18.2 Å². The Morgan fingerprint density at radius 1 is 1.29 bits per heavy atom. The van der Waals surface area contributed by atoms with Crippen LogP contribution in [0.1, 0.15) is 32.1 Å². The average Bonchev–Trinajstić information content (AvgIpc) is 2.84. The predicted octanol–water partition coefficient (Wildman–Crippen LogP) is 2.84. The van der Waals surface area contributed by atoms with E-state index in [0.717, 1.165) is 11.1 Å². The molecule has 2 unspecified atom stereocenters. The Labute approximate surface area is 124 Å². The molecular formula is C16H22N4O. The largest absolute Gasteiger partial charge is 0.423 e. The van der Waals surface area contributed by atoms with Crippen LogP contribution < -0.4 is 11.1 Å². The van der Waals surface area contributed by atoms with Crippen molar-refractivity contribution in [2.45, 2.75) is 50.2 Å². The molecule has 0 amide bonds. The number of rotatable bonds is 2. The van der Waals surface area contributed by atoms with E-state index in [2.05, 4.69) is 22.2 Å². The smallest absolute Gasteiger partial charge is 0.295 e. The SMILES string of the molecule is CN1C2CCCC1CC(Nc1nc3c(N)cccc3o1)C2. The van der Waals surface area contributed by atoms with Crippen LogP contribution in [0, 0.1) is 0 Å². The first kappa shape index (κ1) is 13.0. The molecule has 0 saturated carbocycles. The van der Waals surface area contributed by atoms with Crippen LogP contribution in [-0.2, 0) is 0 Å². The molecule has 5 nitrogen and oxygen atoms in total. The molecular weight excluding hydrogens is 264 g/mol. The first-order valence-electron chi connectivity index (χ1n) is 7.84. The highest BCUT2D eigenvalue weighted by Crippen LogP contribution is 2.34. The Bertz CT molecular complexity index is 639. The molecule has 2 fully saturated rings. The second-order valence-corrected chi connectivity index (χ2v) is 6.43. The lowest BCUT2D eigenvalue weighted by Crippen LogP contribution is -2.52. The van der Waals surface area contributed by atoms with Crippen molar-refractivity contribution in [2.24, 2.45) is 0 Å². The molecule has 0 radical (unpaired) electrons. The zero-order valence-corrected chi connectivity index (χ0v) is 12.4. The monoisotopic (exact) mass is 286 g/mol. The molecule has 2 bridgehead atoms. The fraction of sp³-hybridized carbons (Fsp3) is 0.562. The normalized spacial score (nSPS) is 29.7. The Balaban J connectivity index is 1.54. The van der Waals surface area contributed by atoms with Crippen LogP contribution in [0.3, 0.4) is 0 Å². The minimum Gasteiger partial charge on any atom is -0.423 e. The number of aromatic nitrogens is 1. The Kier molecular flexibility index (Phi) is 3.03. The number of hydrogen-bond acceptors (Lipinski definition) is 5. The second kappa shape index (κ2) is 4.91. The summed E-state index contributed by atoms with van der Waals surface area (Å²) in [5.74, 6) is 0. The molecule has 2 atom stereocenters. The van der Waals surface area contributed by atoms with E-state index in [0.29, 0.717) is 29.8 Å². The van der Waals surface area contributed by atoms with Crippen LogP contribution >= 0.6 is 0 Å². The summed E-state index contributed by atoms with van der Waals surface area (Å²) in [7, 11) is 2.27. The number of benzene rings is 1. The molecule has 21 heavy (non-hydrogen) atoms. The zero-order valence-electron chi connectivity index (χ0n) is 12.4. The minimum atomic E-state index is 0.450. The molecule has 1 aromatic heterocycles. The molecule has 2 aromatic rings. The van der Waals surface area contributed by atoms with E-state index >= 15 is 0 Å². The molecule has 112 valence electrons. The first-order valence-corrected chi connectivity index (χ1v) is 7.84. The zero-order chi connectivity index (χ0) is 14.4. The molecule has 4 rings (SSSR count). The maximum Gasteiger partial charge on any atom is 0.295 e. The van der Waals surface area contributed by atoms with Crippen molar-refractivity contribution >= 4 is 22.8 Å². The summed E-state index contributed by atoms with van der Waals surface area (Å²) < 4.78 is 5.78. The Morgan fingerprint density at radius 3 is 2.76 bits per heavy atom. The van der Waals surface area contributed by atoms with E-state index in [4.69, 9.17) is 10.2 Å². The van der Waals surface area contributed by atoms with Crippen molar-refractivity contribution in [2.75, 3.05) is 18.1 Å². The molecule has 5 heteroatoms. The number of para-hydroxylation sites is 1. The summed E-state index contributed by atoms with van der Waals surface area (Å²) in [6, 6.07) is 8.12. The number of nitrogen functional groups attached to an aromatic ring is 1. The number of nitrogens with zero attached hydrogens (tertiary/aromatic N) is 2. The van der Waals surface area contributed by atoms with Crippen molar-refractivity contribution in [3.8, 4) is 0 Å². The summed E-state index contributed by atoms with van der Waals surface area (Å²) in [4.78, 5) is 7.06. The van der Waals surface area contributed by atoms with Crippen LogP contribution in [0.5, 0.6) is 0 Å². The van der Waals surface area contributed by atoms with Crippen LogP contribution in [0.2, 0.25) is 0 Å². The van der Waals surface area contributed by atoms with Gasteiger partial charge in [0.2, 0.25) is 0 Å². The summed E-state index contributed by atoms with van der Waals surface area (Å²) in [6.45, 7) is 0. The van der Waals surface area contributed by atoms with E-state index in [-0.39, 0.29) is 0 Å². The van der Waals surface area contributed by atoms with Gasteiger partial charge in [-0.3, -0.25) is 0 Å². The summed E-state index contributed by atoms with van der Waals surface area (Å²) >= 11 is 0. The molecule has 1 aromatic carbocycles. The fourth-order valence-corrected chi connectivity index (χ4v) is 3.94. The van der Waals surface area contributed by atoms with Crippen molar-refractivity contribution in [3.05, 3.63) is 18.2 Å². The molecule has 0 aliphatic carbocycles. The number of piperidine rings is 2. The van der Waals surface area contributed by atoms with Crippen LogP contribution in [-0.4, -0.2) is 35.1 Å². The number of oxazole rings is 1. The number of nitrogens with two attached hydrogens (primary N) is 1.